The van der Waals surface area contributed by atoms with E-state index in [0.29, 0.717) is 11.9 Å². The molecule has 7 aromatic rings. The molecular weight excluding hydrogens is 418 g/mol. The Morgan fingerprint density at radius 2 is 0.794 bits per heavy atom. The lowest BCUT2D eigenvalue weighted by Crippen LogP contribution is -2.11. The van der Waals surface area contributed by atoms with Crippen LogP contribution in [0, 0.1) is 0 Å². The van der Waals surface area contributed by atoms with Gasteiger partial charge < -0.3 is 0 Å². The number of rotatable bonds is 3. The molecule has 3 aromatic heterocycles. The normalized spacial score (nSPS) is 11.8. The first kappa shape index (κ1) is 19.0. The molecule has 7 rings (SSSR count). The van der Waals surface area contributed by atoms with Crippen LogP contribution in [-0.4, -0.2) is 24.1 Å². The van der Waals surface area contributed by atoms with E-state index in [1.165, 1.54) is 21.5 Å². The highest BCUT2D eigenvalue weighted by Crippen LogP contribution is 2.33. The Hall–Kier alpha value is -4.51. The molecule has 0 spiro atoms. The average molecular weight is 440 g/mol. The standard InChI is InChI=1S/C29H21N5/c1-2-27-30-28(33-23-15-7-3-11-19(23)20-12-4-8-16-24(20)33)32-29(31-27)34-25-17-9-5-13-21(25)22-14-6-10-18-26(22)34/h3-18H,2H2,1H3. The predicted octanol–water partition coefficient (Wildman–Crippen LogP) is 6.63. The minimum Gasteiger partial charge on any atom is -0.278 e. The molecule has 0 amide bonds. The van der Waals surface area contributed by atoms with Gasteiger partial charge in [-0.05, 0) is 24.3 Å². The Morgan fingerprint density at radius 1 is 0.471 bits per heavy atom. The maximum atomic E-state index is 5.07. The van der Waals surface area contributed by atoms with E-state index in [1.807, 2.05) is 0 Å². The lowest BCUT2D eigenvalue weighted by molar-refractivity contribution is 0.821. The smallest absolute Gasteiger partial charge is 0.239 e. The van der Waals surface area contributed by atoms with Gasteiger partial charge in [-0.2, -0.15) is 15.0 Å². The average Bonchev–Trinajstić information content (AvgIpc) is 3.42. The zero-order valence-corrected chi connectivity index (χ0v) is 18.7. The van der Waals surface area contributed by atoms with Crippen LogP contribution in [-0.2, 0) is 6.42 Å². The minimum absolute atomic E-state index is 0.640. The fourth-order valence-corrected chi connectivity index (χ4v) is 5.03. The third-order valence-corrected chi connectivity index (χ3v) is 6.53. The maximum Gasteiger partial charge on any atom is 0.239 e. The van der Waals surface area contributed by atoms with E-state index < -0.39 is 0 Å². The highest BCUT2D eigenvalue weighted by molar-refractivity contribution is 6.10. The summed E-state index contributed by atoms with van der Waals surface area (Å²) in [6.45, 7) is 2.08. The van der Waals surface area contributed by atoms with Crippen LogP contribution >= 0.6 is 0 Å². The molecule has 0 atom stereocenters. The number of hydrogen-bond donors (Lipinski definition) is 0. The molecule has 0 aliphatic heterocycles. The van der Waals surface area contributed by atoms with Gasteiger partial charge in [-0.3, -0.25) is 9.13 Å². The van der Waals surface area contributed by atoms with Crippen LogP contribution in [0.3, 0.4) is 0 Å². The summed E-state index contributed by atoms with van der Waals surface area (Å²) in [7, 11) is 0. The topological polar surface area (TPSA) is 48.5 Å². The SMILES string of the molecule is CCc1nc(-n2c3ccccc3c3ccccc32)nc(-n2c3ccccc3c3ccccc32)n1. The van der Waals surface area contributed by atoms with Crippen molar-refractivity contribution in [3.8, 4) is 11.9 Å². The minimum atomic E-state index is 0.640. The number of hydrogen-bond acceptors (Lipinski definition) is 3. The lowest BCUT2D eigenvalue weighted by atomic mass is 10.2. The first-order chi connectivity index (χ1) is 16.8. The van der Waals surface area contributed by atoms with Gasteiger partial charge in [0.2, 0.25) is 11.9 Å². The highest BCUT2D eigenvalue weighted by Gasteiger charge is 2.18. The molecule has 5 heteroatoms. The summed E-state index contributed by atoms with van der Waals surface area (Å²) < 4.78 is 4.31. The van der Waals surface area contributed by atoms with E-state index in [9.17, 15) is 0 Å². The molecule has 0 unspecified atom stereocenters. The van der Waals surface area contributed by atoms with Crippen molar-refractivity contribution in [2.45, 2.75) is 13.3 Å². The summed E-state index contributed by atoms with van der Waals surface area (Å²) >= 11 is 0. The van der Waals surface area contributed by atoms with Gasteiger partial charge in [-0.15, -0.1) is 0 Å². The molecule has 0 saturated heterocycles. The van der Waals surface area contributed by atoms with Crippen molar-refractivity contribution in [1.82, 2.24) is 24.1 Å². The number of nitrogens with zero attached hydrogens (tertiary/aromatic N) is 5. The van der Waals surface area contributed by atoms with Crippen LogP contribution in [0.25, 0.3) is 55.5 Å². The van der Waals surface area contributed by atoms with Crippen LogP contribution in [0.15, 0.2) is 97.1 Å². The van der Waals surface area contributed by atoms with Crippen molar-refractivity contribution < 1.29 is 0 Å². The summed E-state index contributed by atoms with van der Waals surface area (Å²) in [4.78, 5) is 14.9. The second kappa shape index (κ2) is 7.25. The summed E-state index contributed by atoms with van der Waals surface area (Å²) in [5.74, 6) is 2.05. The fourth-order valence-electron chi connectivity index (χ4n) is 5.03. The number of benzene rings is 4. The van der Waals surface area contributed by atoms with Crippen molar-refractivity contribution in [1.29, 1.82) is 0 Å². The van der Waals surface area contributed by atoms with Gasteiger partial charge in [0, 0.05) is 28.0 Å². The summed E-state index contributed by atoms with van der Waals surface area (Å²) in [6, 6.07) is 33.7. The molecule has 0 radical (unpaired) electrons. The molecule has 0 N–H and O–H groups in total. The van der Waals surface area contributed by atoms with E-state index in [0.717, 1.165) is 34.3 Å². The summed E-state index contributed by atoms with van der Waals surface area (Å²) in [5, 5.41) is 4.76. The molecule has 34 heavy (non-hydrogen) atoms. The largest absolute Gasteiger partial charge is 0.278 e. The van der Waals surface area contributed by atoms with Gasteiger partial charge in [0.15, 0.2) is 0 Å². The van der Waals surface area contributed by atoms with E-state index >= 15 is 0 Å². The molecule has 0 aliphatic rings. The molecule has 3 heterocycles. The van der Waals surface area contributed by atoms with Crippen molar-refractivity contribution >= 4 is 43.6 Å². The zero-order chi connectivity index (χ0) is 22.6. The predicted molar refractivity (Wildman–Crippen MR) is 138 cm³/mol. The van der Waals surface area contributed by atoms with Crippen molar-refractivity contribution in [2.75, 3.05) is 0 Å². The molecule has 0 fully saturated rings. The van der Waals surface area contributed by atoms with Crippen molar-refractivity contribution in [3.63, 3.8) is 0 Å². The second-order valence-corrected chi connectivity index (χ2v) is 8.44. The van der Waals surface area contributed by atoms with E-state index in [-0.39, 0.29) is 0 Å². The second-order valence-electron chi connectivity index (χ2n) is 8.44. The maximum absolute atomic E-state index is 5.07. The zero-order valence-electron chi connectivity index (χ0n) is 18.7. The van der Waals surface area contributed by atoms with Crippen molar-refractivity contribution in [3.05, 3.63) is 103 Å². The van der Waals surface area contributed by atoms with Crippen LogP contribution in [0.1, 0.15) is 12.7 Å². The van der Waals surface area contributed by atoms with E-state index in [1.54, 1.807) is 0 Å². The van der Waals surface area contributed by atoms with Gasteiger partial charge in [-0.1, -0.05) is 79.7 Å². The first-order valence-corrected chi connectivity index (χ1v) is 11.6. The van der Waals surface area contributed by atoms with Crippen LogP contribution in [0.2, 0.25) is 0 Å². The van der Waals surface area contributed by atoms with Gasteiger partial charge in [-0.25, -0.2) is 0 Å². The molecular formula is C29H21N5. The Balaban J connectivity index is 1.59. The van der Waals surface area contributed by atoms with E-state index in [2.05, 4.69) is 113 Å². The molecule has 0 bridgehead atoms. The Morgan fingerprint density at radius 3 is 1.12 bits per heavy atom. The van der Waals surface area contributed by atoms with Crippen LogP contribution in [0.5, 0.6) is 0 Å². The van der Waals surface area contributed by atoms with Gasteiger partial charge >= 0.3 is 0 Å². The lowest BCUT2D eigenvalue weighted by Gasteiger charge is -2.11. The van der Waals surface area contributed by atoms with Gasteiger partial charge in [0.05, 0.1) is 22.1 Å². The van der Waals surface area contributed by atoms with Crippen molar-refractivity contribution in [2.24, 2.45) is 0 Å². The number of aromatic nitrogens is 5. The summed E-state index contributed by atoms with van der Waals surface area (Å²) in [5.41, 5.74) is 4.35. The van der Waals surface area contributed by atoms with Gasteiger partial charge in [0.25, 0.3) is 0 Å². The van der Waals surface area contributed by atoms with E-state index in [4.69, 9.17) is 15.0 Å². The third-order valence-electron chi connectivity index (χ3n) is 6.53. The van der Waals surface area contributed by atoms with Gasteiger partial charge in [0.1, 0.15) is 5.82 Å². The first-order valence-electron chi connectivity index (χ1n) is 11.6. The summed E-state index contributed by atoms with van der Waals surface area (Å²) in [6.07, 6.45) is 0.719. The van der Waals surface area contributed by atoms with Crippen LogP contribution < -0.4 is 0 Å². The number of aryl methyl sites for hydroxylation is 1. The monoisotopic (exact) mass is 439 g/mol. The Labute approximate surface area is 195 Å². The molecule has 162 valence electrons. The quantitative estimate of drug-likeness (QED) is 0.310. The fraction of sp³-hybridized carbons (Fsp3) is 0.0690. The third kappa shape index (κ3) is 2.64. The molecule has 0 saturated carbocycles. The number of para-hydroxylation sites is 4. The molecule has 4 aromatic carbocycles. The number of fused-ring (bicyclic) bond motifs is 6. The Kier molecular flexibility index (Phi) is 4.05. The molecule has 5 nitrogen and oxygen atoms in total. The van der Waals surface area contributed by atoms with Crippen LogP contribution in [0.4, 0.5) is 0 Å². The Bertz CT molecular complexity index is 1620. The molecule has 0 aliphatic carbocycles. The highest BCUT2D eigenvalue weighted by atomic mass is 15.3.